The minimum atomic E-state index is -1.28. The van der Waals surface area contributed by atoms with E-state index in [4.69, 9.17) is 5.73 Å². The molecule has 1 saturated carbocycles. The summed E-state index contributed by atoms with van der Waals surface area (Å²) in [5.74, 6) is -1.75. The van der Waals surface area contributed by atoms with E-state index in [1.165, 1.54) is 17.8 Å². The second-order valence-corrected chi connectivity index (χ2v) is 7.63. The highest BCUT2D eigenvalue weighted by atomic mass is 19.1. The molecule has 0 amide bonds. The van der Waals surface area contributed by atoms with Crippen molar-refractivity contribution in [1.82, 2.24) is 4.57 Å². The summed E-state index contributed by atoms with van der Waals surface area (Å²) in [6.45, 7) is 3.72. The van der Waals surface area contributed by atoms with Crippen LogP contribution in [0.25, 0.3) is 10.9 Å². The minimum absolute atomic E-state index is 0.145. The Labute approximate surface area is 162 Å². The van der Waals surface area contributed by atoms with Gasteiger partial charge in [0.1, 0.15) is 11.4 Å². The number of fused-ring (bicyclic) bond motifs is 1. The molecule has 1 aromatic heterocycles. The number of hydrogen-bond acceptors (Lipinski definition) is 4. The van der Waals surface area contributed by atoms with Crippen LogP contribution in [0, 0.1) is 12.7 Å². The largest absolute Gasteiger partial charge is 0.477 e. The summed E-state index contributed by atoms with van der Waals surface area (Å²) in [5, 5.41) is 9.53. The maximum Gasteiger partial charge on any atom is 0.341 e. The molecule has 0 spiro atoms. The maximum atomic E-state index is 15.1. The van der Waals surface area contributed by atoms with Gasteiger partial charge in [0.2, 0.25) is 5.43 Å². The van der Waals surface area contributed by atoms with E-state index < -0.39 is 17.2 Å². The molecule has 2 aromatic rings. The fourth-order valence-corrected chi connectivity index (χ4v) is 4.24. The zero-order valence-corrected chi connectivity index (χ0v) is 15.9. The van der Waals surface area contributed by atoms with Gasteiger partial charge in [-0.1, -0.05) is 11.6 Å². The molecule has 1 aliphatic carbocycles. The Morgan fingerprint density at radius 1 is 1.36 bits per heavy atom. The lowest BCUT2D eigenvalue weighted by atomic mass is 9.99. The quantitative estimate of drug-likeness (QED) is 0.790. The fraction of sp³-hybridized carbons (Fsp3) is 0.429. The van der Waals surface area contributed by atoms with E-state index in [1.54, 1.807) is 0 Å². The molecule has 2 aliphatic rings. The number of anilines is 1. The van der Waals surface area contributed by atoms with Crippen molar-refractivity contribution in [2.24, 2.45) is 5.73 Å². The molecule has 0 unspecified atom stereocenters. The molecule has 1 aromatic carbocycles. The van der Waals surface area contributed by atoms with E-state index in [0.717, 1.165) is 25.7 Å². The Kier molecular flexibility index (Phi) is 4.71. The van der Waals surface area contributed by atoms with Crippen LogP contribution in [-0.2, 0) is 0 Å². The van der Waals surface area contributed by atoms with Gasteiger partial charge in [0, 0.05) is 37.3 Å². The van der Waals surface area contributed by atoms with Gasteiger partial charge < -0.3 is 20.3 Å². The number of rotatable bonds is 4. The molecule has 0 bridgehead atoms. The molecule has 28 heavy (non-hydrogen) atoms. The third-order valence-corrected chi connectivity index (χ3v) is 5.78. The first-order valence-electron chi connectivity index (χ1n) is 9.66. The lowest BCUT2D eigenvalue weighted by Gasteiger charge is -2.32. The first-order valence-corrected chi connectivity index (χ1v) is 9.66. The molecule has 1 saturated heterocycles. The third-order valence-electron chi connectivity index (χ3n) is 5.78. The standard InChI is InChI=1S/C21H24FN3O3/c1-12-18-15(20(26)16(21(27)28)11-25(18)14-2-3-14)10-17(22)19(12)24-8-5-13(4-7-23)6-9-24/h4,10-11,14H,2-3,5-9,23H2,1H3,(H,27,28). The average Bonchev–Trinajstić information content (AvgIpc) is 3.49. The van der Waals surface area contributed by atoms with Crippen LogP contribution in [0.15, 0.2) is 28.7 Å². The first-order chi connectivity index (χ1) is 13.4. The number of benzene rings is 1. The maximum absolute atomic E-state index is 15.1. The van der Waals surface area contributed by atoms with Crippen LogP contribution in [0.1, 0.15) is 47.6 Å². The first kappa shape index (κ1) is 18.7. The zero-order chi connectivity index (χ0) is 20.0. The van der Waals surface area contributed by atoms with Crippen molar-refractivity contribution in [3.63, 3.8) is 0 Å². The second-order valence-electron chi connectivity index (χ2n) is 7.63. The van der Waals surface area contributed by atoms with Crippen LogP contribution in [0.5, 0.6) is 0 Å². The molecule has 4 rings (SSSR count). The molecule has 3 N–H and O–H groups in total. The Morgan fingerprint density at radius 3 is 2.61 bits per heavy atom. The molecule has 2 heterocycles. The molecule has 148 valence electrons. The van der Waals surface area contributed by atoms with E-state index in [0.29, 0.717) is 36.4 Å². The smallest absolute Gasteiger partial charge is 0.341 e. The summed E-state index contributed by atoms with van der Waals surface area (Å²) in [6, 6.07) is 1.38. The Morgan fingerprint density at radius 2 is 2.04 bits per heavy atom. The van der Waals surface area contributed by atoms with Gasteiger partial charge in [-0.2, -0.15) is 0 Å². The summed E-state index contributed by atoms with van der Waals surface area (Å²) in [5.41, 5.74) is 7.81. The molecule has 6 nitrogen and oxygen atoms in total. The molecular formula is C21H24FN3O3. The number of aromatic carboxylic acids is 1. The molecular weight excluding hydrogens is 361 g/mol. The lowest BCUT2D eigenvalue weighted by molar-refractivity contribution is 0.0695. The second kappa shape index (κ2) is 7.05. The summed E-state index contributed by atoms with van der Waals surface area (Å²) >= 11 is 0. The number of aromatic nitrogens is 1. The number of carboxylic acids is 1. The van der Waals surface area contributed by atoms with Gasteiger partial charge in [0.15, 0.2) is 0 Å². The number of carbonyl (C=O) groups is 1. The van der Waals surface area contributed by atoms with Crippen LogP contribution in [-0.4, -0.2) is 35.3 Å². The van der Waals surface area contributed by atoms with Crippen LogP contribution in [0.3, 0.4) is 0 Å². The SMILES string of the molecule is Cc1c(N2CCC(=CCN)CC2)c(F)cc2c(=O)c(C(=O)O)cn(C3CC3)c12. The van der Waals surface area contributed by atoms with Gasteiger partial charge in [0.05, 0.1) is 11.2 Å². The Bertz CT molecular complexity index is 1040. The van der Waals surface area contributed by atoms with Crippen molar-refractivity contribution >= 4 is 22.6 Å². The van der Waals surface area contributed by atoms with Crippen LogP contribution in [0.4, 0.5) is 10.1 Å². The van der Waals surface area contributed by atoms with Gasteiger partial charge in [-0.3, -0.25) is 4.79 Å². The van der Waals surface area contributed by atoms with Crippen molar-refractivity contribution < 1.29 is 14.3 Å². The highest BCUT2D eigenvalue weighted by Gasteiger charge is 2.30. The van der Waals surface area contributed by atoms with Gasteiger partial charge in [-0.05, 0) is 44.2 Å². The number of pyridine rings is 1. The van der Waals surface area contributed by atoms with Crippen molar-refractivity contribution in [3.05, 3.63) is 51.1 Å². The number of halogens is 1. The molecule has 0 radical (unpaired) electrons. The van der Waals surface area contributed by atoms with E-state index in [-0.39, 0.29) is 17.0 Å². The number of aryl methyl sites for hydroxylation is 1. The fourth-order valence-electron chi connectivity index (χ4n) is 4.24. The van der Waals surface area contributed by atoms with Gasteiger partial charge in [0.25, 0.3) is 0 Å². The Balaban J connectivity index is 1.87. The summed E-state index contributed by atoms with van der Waals surface area (Å²) in [4.78, 5) is 26.2. The summed E-state index contributed by atoms with van der Waals surface area (Å²) in [7, 11) is 0. The van der Waals surface area contributed by atoms with Crippen LogP contribution < -0.4 is 16.1 Å². The predicted molar refractivity (Wildman–Crippen MR) is 107 cm³/mol. The molecule has 2 fully saturated rings. The molecule has 0 atom stereocenters. The predicted octanol–water partition coefficient (Wildman–Crippen LogP) is 2.97. The highest BCUT2D eigenvalue weighted by molar-refractivity contribution is 5.95. The topological polar surface area (TPSA) is 88.6 Å². The van der Waals surface area contributed by atoms with E-state index in [1.807, 2.05) is 22.5 Å². The van der Waals surface area contributed by atoms with Crippen LogP contribution >= 0.6 is 0 Å². The van der Waals surface area contributed by atoms with E-state index in [9.17, 15) is 14.7 Å². The van der Waals surface area contributed by atoms with E-state index in [2.05, 4.69) is 0 Å². The third kappa shape index (κ3) is 3.09. The average molecular weight is 385 g/mol. The van der Waals surface area contributed by atoms with Crippen LogP contribution in [0.2, 0.25) is 0 Å². The number of piperidine rings is 1. The minimum Gasteiger partial charge on any atom is -0.477 e. The Hall–Kier alpha value is -2.67. The van der Waals surface area contributed by atoms with Gasteiger partial charge in [-0.25, -0.2) is 9.18 Å². The molecule has 7 heteroatoms. The number of nitrogens with zero attached hydrogens (tertiary/aromatic N) is 2. The number of hydrogen-bond donors (Lipinski definition) is 2. The lowest BCUT2D eigenvalue weighted by Crippen LogP contribution is -2.32. The van der Waals surface area contributed by atoms with E-state index >= 15 is 4.39 Å². The highest BCUT2D eigenvalue weighted by Crippen LogP contribution is 2.40. The van der Waals surface area contributed by atoms with Gasteiger partial charge >= 0.3 is 5.97 Å². The van der Waals surface area contributed by atoms with Crippen molar-refractivity contribution in [2.45, 2.75) is 38.6 Å². The molecule has 1 aliphatic heterocycles. The van der Waals surface area contributed by atoms with Crippen molar-refractivity contribution in [2.75, 3.05) is 24.5 Å². The van der Waals surface area contributed by atoms with Gasteiger partial charge in [-0.15, -0.1) is 0 Å². The zero-order valence-electron chi connectivity index (χ0n) is 15.9. The normalized spacial score (nSPS) is 17.2. The van der Waals surface area contributed by atoms with Crippen molar-refractivity contribution in [3.8, 4) is 0 Å². The number of nitrogens with two attached hydrogens (primary N) is 1. The monoisotopic (exact) mass is 385 g/mol. The summed E-state index contributed by atoms with van der Waals surface area (Å²) in [6.07, 6.45) is 6.99. The number of carboxylic acid groups (broad SMARTS) is 1. The summed E-state index contributed by atoms with van der Waals surface area (Å²) < 4.78 is 17.0. The van der Waals surface area contributed by atoms with Crippen molar-refractivity contribution in [1.29, 1.82) is 0 Å².